The number of hydrogen-bond donors (Lipinski definition) is 0. The number of para-hydroxylation sites is 2. The van der Waals surface area contributed by atoms with E-state index in [0.29, 0.717) is 0 Å². The summed E-state index contributed by atoms with van der Waals surface area (Å²) < 4.78 is 2.30. The van der Waals surface area contributed by atoms with E-state index in [4.69, 9.17) is 0 Å². The summed E-state index contributed by atoms with van der Waals surface area (Å²) in [6.45, 7) is 0. The minimum absolute atomic E-state index is 0. The van der Waals surface area contributed by atoms with Crippen molar-refractivity contribution in [3.63, 3.8) is 0 Å². The van der Waals surface area contributed by atoms with E-state index >= 15 is 0 Å². The maximum absolute atomic E-state index is 4.54. The van der Waals surface area contributed by atoms with Crippen LogP contribution in [-0.2, 0) is 20.1 Å². The van der Waals surface area contributed by atoms with Crippen molar-refractivity contribution in [2.24, 2.45) is 0 Å². The Morgan fingerprint density at radius 3 is 1.24 bits per heavy atom. The number of nitrogens with zero attached hydrogens (tertiary/aromatic N) is 4. The van der Waals surface area contributed by atoms with E-state index in [1.807, 2.05) is 115 Å². The Kier molecular flexibility index (Phi) is 11.5. The van der Waals surface area contributed by atoms with E-state index in [1.165, 1.54) is 21.8 Å². The zero-order valence-electron chi connectivity index (χ0n) is 27.0. The third-order valence-electron chi connectivity index (χ3n) is 7.87. The van der Waals surface area contributed by atoms with E-state index in [1.54, 1.807) is 12.4 Å². The monoisotopic (exact) mass is 820 g/mol. The second-order valence-electron chi connectivity index (χ2n) is 11.0. The smallest absolute Gasteiger partial charge is 0.310 e. The van der Waals surface area contributed by atoms with Gasteiger partial charge in [-0.1, -0.05) is 66.7 Å². The molecule has 0 unspecified atom stereocenters. The third-order valence-corrected chi connectivity index (χ3v) is 7.87. The molecule has 0 fully saturated rings. The maximum Gasteiger partial charge on any atom is 3.00 e. The summed E-state index contributed by atoms with van der Waals surface area (Å²) in [5.41, 5.74) is 9.48. The van der Waals surface area contributed by atoms with Crippen molar-refractivity contribution in [2.45, 2.75) is 0 Å². The first-order valence-corrected chi connectivity index (χ1v) is 16.0. The van der Waals surface area contributed by atoms with E-state index in [9.17, 15) is 0 Å². The van der Waals surface area contributed by atoms with Gasteiger partial charge in [0.05, 0.1) is 11.0 Å². The summed E-state index contributed by atoms with van der Waals surface area (Å²) in [4.78, 5) is 13.0. The fourth-order valence-corrected chi connectivity index (χ4v) is 5.61. The molecule has 0 radical (unpaired) electrons. The fraction of sp³-hybridized carbons (Fsp3) is 0. The summed E-state index contributed by atoms with van der Waals surface area (Å²) >= 11 is 0. The van der Waals surface area contributed by atoms with Gasteiger partial charge in [0.25, 0.3) is 0 Å². The van der Waals surface area contributed by atoms with Crippen LogP contribution in [0.4, 0.5) is 0 Å². The Morgan fingerprint density at radius 1 is 0.380 bits per heavy atom. The number of benzene rings is 5. The normalized spacial score (nSPS) is 10.2. The van der Waals surface area contributed by atoms with E-state index < -0.39 is 0 Å². The zero-order valence-corrected chi connectivity index (χ0v) is 29.4. The molecule has 4 nitrogen and oxygen atoms in total. The van der Waals surface area contributed by atoms with Crippen LogP contribution in [0.3, 0.4) is 0 Å². The van der Waals surface area contributed by atoms with Crippen molar-refractivity contribution in [3.8, 4) is 39.5 Å². The predicted molar refractivity (Wildman–Crippen MR) is 200 cm³/mol. The number of hydrogen-bond acceptors (Lipinski definition) is 3. The molecule has 240 valence electrons. The molecule has 0 spiro atoms. The molecule has 0 saturated heterocycles. The van der Waals surface area contributed by atoms with E-state index in [0.717, 1.165) is 39.5 Å². The molecule has 0 amide bonds. The Labute approximate surface area is 306 Å². The first-order valence-electron chi connectivity index (χ1n) is 16.0. The average molecular weight is 820 g/mol. The van der Waals surface area contributed by atoms with Crippen LogP contribution in [0, 0.1) is 18.2 Å². The second kappa shape index (κ2) is 16.9. The first kappa shape index (κ1) is 33.9. The Morgan fingerprint density at radius 2 is 0.800 bits per heavy atom. The van der Waals surface area contributed by atoms with Gasteiger partial charge in [0, 0.05) is 35.1 Å². The quantitative estimate of drug-likeness (QED) is 0.166. The molecule has 0 aliphatic carbocycles. The summed E-state index contributed by atoms with van der Waals surface area (Å²) in [7, 11) is 0. The fourth-order valence-electron chi connectivity index (χ4n) is 5.61. The Hall–Kier alpha value is -6.00. The first-order chi connectivity index (χ1) is 24.3. The van der Waals surface area contributed by atoms with Crippen LogP contribution in [0.1, 0.15) is 0 Å². The molecule has 5 aromatic carbocycles. The number of rotatable bonds is 4. The van der Waals surface area contributed by atoms with Crippen LogP contribution >= 0.6 is 0 Å². The van der Waals surface area contributed by atoms with Crippen LogP contribution in [0.25, 0.3) is 61.3 Å². The van der Waals surface area contributed by atoms with Gasteiger partial charge in [-0.15, -0.1) is 108 Å². The topological polar surface area (TPSA) is 43.6 Å². The third kappa shape index (κ3) is 7.99. The number of fused-ring (bicyclic) bond motifs is 3. The molecule has 0 bridgehead atoms. The molecule has 0 aliphatic heterocycles. The van der Waals surface area contributed by atoms with Gasteiger partial charge in [0.15, 0.2) is 0 Å². The van der Waals surface area contributed by atoms with Gasteiger partial charge in [-0.05, 0) is 47.4 Å². The van der Waals surface area contributed by atoms with Crippen LogP contribution in [0.15, 0.2) is 188 Å². The van der Waals surface area contributed by atoms with Crippen molar-refractivity contribution in [1.82, 2.24) is 19.5 Å². The molecular formula is C45H31IrN4. The van der Waals surface area contributed by atoms with Gasteiger partial charge >= 0.3 is 20.1 Å². The maximum atomic E-state index is 4.54. The van der Waals surface area contributed by atoms with E-state index in [2.05, 4.69) is 98.4 Å². The SMILES string of the molecule is [Ir+3].[c-]1ccccc1-c1cc(-n2c3ccccc3c3ccccc32)ccn1.[c-]1ccccc1-c1ccccn1.[c-]1ccccc1-c1ccccn1. The molecular weight excluding hydrogens is 789 g/mol. The number of pyridine rings is 3. The van der Waals surface area contributed by atoms with Crippen molar-refractivity contribution >= 4 is 21.8 Å². The summed E-state index contributed by atoms with van der Waals surface area (Å²) in [6, 6.07) is 66.1. The molecule has 0 N–H and O–H groups in total. The number of aromatic nitrogens is 4. The van der Waals surface area contributed by atoms with Crippen LogP contribution in [0.5, 0.6) is 0 Å². The van der Waals surface area contributed by atoms with Gasteiger partial charge in [-0.25, -0.2) is 0 Å². The second-order valence-corrected chi connectivity index (χ2v) is 11.0. The molecule has 0 saturated carbocycles. The van der Waals surface area contributed by atoms with Crippen molar-refractivity contribution in [3.05, 3.63) is 207 Å². The molecule has 50 heavy (non-hydrogen) atoms. The van der Waals surface area contributed by atoms with Crippen LogP contribution in [-0.4, -0.2) is 19.5 Å². The molecule has 0 atom stereocenters. The van der Waals surface area contributed by atoms with Gasteiger partial charge < -0.3 is 19.5 Å². The van der Waals surface area contributed by atoms with E-state index in [-0.39, 0.29) is 20.1 Å². The molecule has 9 rings (SSSR count). The molecule has 4 heterocycles. The standard InChI is InChI=1S/C23H15N2.2C11H8N.Ir/c1-2-8-17(9-3-1)21-16-18(14-15-24-21)25-22-12-6-4-10-19(22)20-11-5-7-13-23(20)25;2*1-2-6-10(7-3-1)11-8-4-5-9-12-11;/h1-8,10-16H;2*1-6,8-9H;/q3*-1;+3. The summed E-state index contributed by atoms with van der Waals surface area (Å²) in [5, 5.41) is 2.53. The molecule has 4 aromatic heterocycles. The van der Waals surface area contributed by atoms with Gasteiger partial charge in [-0.2, -0.15) is 0 Å². The molecule has 9 aromatic rings. The Bertz CT molecular complexity index is 2160. The molecule has 0 aliphatic rings. The van der Waals surface area contributed by atoms with Crippen LogP contribution in [0.2, 0.25) is 0 Å². The minimum Gasteiger partial charge on any atom is -0.310 e. The summed E-state index contributed by atoms with van der Waals surface area (Å²) in [5.74, 6) is 0. The van der Waals surface area contributed by atoms with Gasteiger partial charge in [0.2, 0.25) is 0 Å². The van der Waals surface area contributed by atoms with Crippen LogP contribution < -0.4 is 0 Å². The zero-order chi connectivity index (χ0) is 33.1. The average Bonchev–Trinajstić information content (AvgIpc) is 3.55. The predicted octanol–water partition coefficient (Wildman–Crippen LogP) is 10.7. The van der Waals surface area contributed by atoms with Crippen molar-refractivity contribution < 1.29 is 20.1 Å². The molecule has 5 heteroatoms. The van der Waals surface area contributed by atoms with Crippen molar-refractivity contribution in [1.29, 1.82) is 0 Å². The minimum atomic E-state index is 0. The van der Waals surface area contributed by atoms with Crippen molar-refractivity contribution in [2.75, 3.05) is 0 Å². The van der Waals surface area contributed by atoms with Gasteiger partial charge in [-0.3, -0.25) is 0 Å². The van der Waals surface area contributed by atoms with Gasteiger partial charge in [0.1, 0.15) is 0 Å². The summed E-state index contributed by atoms with van der Waals surface area (Å²) in [6.07, 6.45) is 5.45. The Balaban J connectivity index is 0.000000145. The largest absolute Gasteiger partial charge is 3.00 e.